The van der Waals surface area contributed by atoms with E-state index in [-0.39, 0.29) is 35.6 Å². The molecule has 2 heterocycles. The maximum absolute atomic E-state index is 13.2. The van der Waals surface area contributed by atoms with Crippen LogP contribution in [0.25, 0.3) is 16.7 Å². The third kappa shape index (κ3) is 2.42. The van der Waals surface area contributed by atoms with Gasteiger partial charge in [0, 0.05) is 5.02 Å². The van der Waals surface area contributed by atoms with E-state index in [1.54, 1.807) is 0 Å². The molecule has 3 nitrogen and oxygen atoms in total. The van der Waals surface area contributed by atoms with Crippen LogP contribution in [0, 0.1) is 11.8 Å². The number of halogens is 1. The molecule has 0 amide bonds. The highest BCUT2D eigenvalue weighted by atomic mass is 35.5. The van der Waals surface area contributed by atoms with E-state index in [1.807, 2.05) is 48.6 Å². The number of allylic oxidation sites excluding steroid dienone is 1. The summed E-state index contributed by atoms with van der Waals surface area (Å²) in [7, 11) is 0. The van der Waals surface area contributed by atoms with Gasteiger partial charge in [0.2, 0.25) is 0 Å². The smallest absolute Gasteiger partial charge is 0.173 e. The average molecular weight is 379 g/mol. The largest absolute Gasteiger partial charge is 0.511 e. The number of aliphatic hydroxyl groups is 1. The first-order chi connectivity index (χ1) is 13.1. The molecule has 1 fully saturated rings. The third-order valence-electron chi connectivity index (χ3n) is 5.96. The second-order valence-electron chi connectivity index (χ2n) is 7.36. The number of fused-ring (bicyclic) bond motifs is 5. The van der Waals surface area contributed by atoms with Crippen LogP contribution < -0.4 is 0 Å². The van der Waals surface area contributed by atoms with Gasteiger partial charge in [-0.15, -0.1) is 0 Å². The minimum atomic E-state index is -0.293. The summed E-state index contributed by atoms with van der Waals surface area (Å²) in [5, 5.41) is 11.6. The van der Waals surface area contributed by atoms with E-state index >= 15 is 0 Å². The Morgan fingerprint density at radius 2 is 1.67 bits per heavy atom. The Bertz CT molecular complexity index is 1000. The van der Waals surface area contributed by atoms with Crippen LogP contribution in [0.3, 0.4) is 0 Å². The number of carbonyl (C=O) groups is 1. The van der Waals surface area contributed by atoms with E-state index in [2.05, 4.69) is 13.0 Å². The van der Waals surface area contributed by atoms with Crippen LogP contribution in [0.1, 0.15) is 18.1 Å². The van der Waals surface area contributed by atoms with Gasteiger partial charge in [-0.3, -0.25) is 4.79 Å². The number of Topliss-reactive ketones (excluding diaryl/α,β-unsaturated/α-hetero) is 1. The van der Waals surface area contributed by atoms with Gasteiger partial charge in [-0.25, -0.2) is 0 Å². The van der Waals surface area contributed by atoms with Gasteiger partial charge in [-0.2, -0.15) is 0 Å². The number of ketones is 1. The predicted molar refractivity (Wildman–Crippen MR) is 106 cm³/mol. The van der Waals surface area contributed by atoms with Gasteiger partial charge in [0.05, 0.1) is 29.6 Å². The molecule has 0 radical (unpaired) electrons. The molecule has 136 valence electrons. The normalized spacial score (nSPS) is 28.3. The van der Waals surface area contributed by atoms with Crippen LogP contribution >= 0.6 is 11.6 Å². The molecule has 3 aliphatic rings. The van der Waals surface area contributed by atoms with Crippen LogP contribution in [0.15, 0.2) is 60.4 Å². The number of ether oxygens (including phenoxy) is 1. The number of aryl methyl sites for hydroxylation is 1. The Kier molecular flexibility index (Phi) is 3.78. The SMILES string of the molecule is CCc1ccc(-c2ccc(Cl)cc2)cc1C1=C(O)[C@@H]2C3C=CC(O3)[C@@H]2C1=O. The summed E-state index contributed by atoms with van der Waals surface area (Å²) in [6.07, 6.45) is 4.30. The summed E-state index contributed by atoms with van der Waals surface area (Å²) >= 11 is 6.00. The summed E-state index contributed by atoms with van der Waals surface area (Å²) in [4.78, 5) is 13.2. The van der Waals surface area contributed by atoms with Crippen LogP contribution in [0.5, 0.6) is 0 Å². The monoisotopic (exact) mass is 378 g/mol. The molecule has 27 heavy (non-hydrogen) atoms. The fourth-order valence-corrected chi connectivity index (χ4v) is 4.74. The van der Waals surface area contributed by atoms with E-state index < -0.39 is 0 Å². The molecule has 1 aliphatic carbocycles. The Hall–Kier alpha value is -2.36. The van der Waals surface area contributed by atoms with Gasteiger partial charge in [-0.1, -0.05) is 54.9 Å². The van der Waals surface area contributed by atoms with E-state index in [0.29, 0.717) is 10.6 Å². The van der Waals surface area contributed by atoms with Gasteiger partial charge in [0.1, 0.15) is 5.76 Å². The maximum Gasteiger partial charge on any atom is 0.173 e. The molecular weight excluding hydrogens is 360 g/mol. The number of rotatable bonds is 3. The van der Waals surface area contributed by atoms with Crippen molar-refractivity contribution in [1.29, 1.82) is 0 Å². The second kappa shape index (κ2) is 6.08. The molecule has 1 saturated heterocycles. The zero-order chi connectivity index (χ0) is 18.7. The molecule has 2 aromatic carbocycles. The molecule has 5 rings (SSSR count). The molecule has 0 spiro atoms. The number of benzene rings is 2. The first-order valence-corrected chi connectivity index (χ1v) is 9.66. The van der Waals surface area contributed by atoms with Crippen LogP contribution in [0.2, 0.25) is 5.02 Å². The van der Waals surface area contributed by atoms with Gasteiger partial charge in [0.25, 0.3) is 0 Å². The third-order valence-corrected chi connectivity index (χ3v) is 6.21. The van der Waals surface area contributed by atoms with Crippen molar-refractivity contribution in [2.75, 3.05) is 0 Å². The molecule has 2 aliphatic heterocycles. The number of hydrogen-bond acceptors (Lipinski definition) is 3. The molecule has 4 heteroatoms. The van der Waals surface area contributed by atoms with Crippen molar-refractivity contribution < 1.29 is 14.6 Å². The minimum Gasteiger partial charge on any atom is -0.511 e. The zero-order valence-electron chi connectivity index (χ0n) is 14.9. The Balaban J connectivity index is 1.63. The molecule has 2 bridgehead atoms. The van der Waals surface area contributed by atoms with E-state index in [1.165, 1.54) is 0 Å². The van der Waals surface area contributed by atoms with E-state index in [4.69, 9.17) is 16.3 Å². The molecule has 4 atom stereocenters. The second-order valence-corrected chi connectivity index (χ2v) is 7.80. The zero-order valence-corrected chi connectivity index (χ0v) is 15.6. The lowest BCUT2D eigenvalue weighted by Crippen LogP contribution is -2.26. The highest BCUT2D eigenvalue weighted by Gasteiger charge is 2.57. The van der Waals surface area contributed by atoms with Gasteiger partial charge in [0.15, 0.2) is 5.78 Å². The molecular formula is C23H19ClO3. The topological polar surface area (TPSA) is 46.5 Å². The number of carbonyl (C=O) groups excluding carboxylic acids is 1. The number of aliphatic hydroxyl groups excluding tert-OH is 1. The van der Waals surface area contributed by atoms with Gasteiger partial charge in [-0.05, 0) is 46.9 Å². The summed E-state index contributed by atoms with van der Waals surface area (Å²) in [5.41, 5.74) is 4.39. The fraction of sp³-hybridized carbons (Fsp3) is 0.261. The maximum atomic E-state index is 13.2. The van der Waals surface area contributed by atoms with Crippen LogP contribution in [-0.4, -0.2) is 23.1 Å². The van der Waals surface area contributed by atoms with Crippen molar-refractivity contribution in [3.05, 3.63) is 76.5 Å². The standard InChI is InChI=1S/C23H19ClO3/c1-2-12-3-4-14(13-5-7-15(24)8-6-13)11-16(12)19-22(25)20-17-9-10-18(27-17)21(20)23(19)26/h3-11,17-18,20-21,25H,2H2,1H3/t17?,18?,20-,21+/m1/s1. The lowest BCUT2D eigenvalue weighted by molar-refractivity contribution is -0.118. The Morgan fingerprint density at radius 3 is 2.33 bits per heavy atom. The minimum absolute atomic E-state index is 0.00249. The van der Waals surface area contributed by atoms with E-state index in [0.717, 1.165) is 28.7 Å². The lowest BCUT2D eigenvalue weighted by Gasteiger charge is -2.15. The predicted octanol–water partition coefficient (Wildman–Crippen LogP) is 4.99. The summed E-state index contributed by atoms with van der Waals surface area (Å²) in [5.74, 6) is -0.354. The fourth-order valence-electron chi connectivity index (χ4n) is 4.62. The van der Waals surface area contributed by atoms with Gasteiger partial charge >= 0.3 is 0 Å². The molecule has 2 unspecified atom stereocenters. The van der Waals surface area contributed by atoms with Crippen molar-refractivity contribution in [2.24, 2.45) is 11.8 Å². The molecule has 0 saturated carbocycles. The van der Waals surface area contributed by atoms with Crippen LogP contribution in [-0.2, 0) is 16.0 Å². The lowest BCUT2D eigenvalue weighted by atomic mass is 9.84. The molecule has 0 aromatic heterocycles. The Labute approximate surface area is 162 Å². The first kappa shape index (κ1) is 16.8. The van der Waals surface area contributed by atoms with Gasteiger partial charge < -0.3 is 9.84 Å². The van der Waals surface area contributed by atoms with Crippen molar-refractivity contribution in [2.45, 2.75) is 25.6 Å². The molecule has 1 N–H and O–H groups in total. The van der Waals surface area contributed by atoms with Crippen molar-refractivity contribution in [3.63, 3.8) is 0 Å². The quantitative estimate of drug-likeness (QED) is 0.765. The van der Waals surface area contributed by atoms with Crippen LogP contribution in [0.4, 0.5) is 0 Å². The van der Waals surface area contributed by atoms with E-state index in [9.17, 15) is 9.90 Å². The van der Waals surface area contributed by atoms with Crippen molar-refractivity contribution in [1.82, 2.24) is 0 Å². The van der Waals surface area contributed by atoms with Crippen molar-refractivity contribution >= 4 is 23.0 Å². The molecule has 2 aromatic rings. The average Bonchev–Trinajstić information content (AvgIpc) is 3.36. The summed E-state index contributed by atoms with van der Waals surface area (Å²) in [6.45, 7) is 2.06. The number of hydrogen-bond donors (Lipinski definition) is 1. The highest BCUT2D eigenvalue weighted by Crippen LogP contribution is 2.51. The summed E-state index contributed by atoms with van der Waals surface area (Å²) in [6, 6.07) is 13.7. The first-order valence-electron chi connectivity index (χ1n) is 9.29. The highest BCUT2D eigenvalue weighted by molar-refractivity contribution is 6.30. The van der Waals surface area contributed by atoms with Crippen molar-refractivity contribution in [3.8, 4) is 11.1 Å². The summed E-state index contributed by atoms with van der Waals surface area (Å²) < 4.78 is 5.79. The Morgan fingerprint density at radius 1 is 1.00 bits per heavy atom.